The zero-order valence-electron chi connectivity index (χ0n) is 16.7. The summed E-state index contributed by atoms with van der Waals surface area (Å²) in [5.74, 6) is 4.07. The minimum atomic E-state index is -0.853. The van der Waals surface area contributed by atoms with Crippen LogP contribution in [0.3, 0.4) is 0 Å². The summed E-state index contributed by atoms with van der Waals surface area (Å²) in [5.41, 5.74) is 2.62. The first kappa shape index (κ1) is 16.5. The highest BCUT2D eigenvalue weighted by Crippen LogP contribution is 2.65. The Morgan fingerprint density at radius 1 is 1.14 bits per heavy atom. The standard InChI is InChI=1S/C24H30FNO2/c1-27-19-9-6-15-12-18-16-7-8-17(25)23-24(16,20(15)22(19)28-23)10-11-26(18)21(13-2-3-13)14-4-5-14/h6,9,13-14,16-18,21,23H,2-5,7-8,10-12H2,1H3/t16?,17?,18-,23+,24?/m0/s1. The number of benzene rings is 1. The van der Waals surface area contributed by atoms with E-state index in [9.17, 15) is 0 Å². The minimum Gasteiger partial charge on any atom is -0.493 e. The smallest absolute Gasteiger partial charge is 0.165 e. The number of likely N-dealkylation sites (tertiary alicyclic amines) is 1. The molecule has 1 saturated heterocycles. The summed E-state index contributed by atoms with van der Waals surface area (Å²) in [5, 5.41) is 0. The summed E-state index contributed by atoms with van der Waals surface area (Å²) in [7, 11) is 1.70. The molecule has 0 radical (unpaired) electrons. The molecule has 6 aliphatic rings. The molecular formula is C24H30FNO2. The second-order valence-corrected chi connectivity index (χ2v) is 10.3. The topological polar surface area (TPSA) is 21.7 Å². The fourth-order valence-electron chi connectivity index (χ4n) is 7.83. The van der Waals surface area contributed by atoms with Gasteiger partial charge < -0.3 is 9.47 Å². The van der Waals surface area contributed by atoms with Crippen LogP contribution in [0.15, 0.2) is 12.1 Å². The highest BCUT2D eigenvalue weighted by molar-refractivity contribution is 5.61. The van der Waals surface area contributed by atoms with E-state index in [1.807, 2.05) is 0 Å². The number of piperidine rings is 1. The van der Waals surface area contributed by atoms with Crippen molar-refractivity contribution in [2.45, 2.75) is 81.1 Å². The van der Waals surface area contributed by atoms with E-state index >= 15 is 4.39 Å². The molecule has 0 N–H and O–H groups in total. The lowest BCUT2D eigenvalue weighted by Gasteiger charge is -2.60. The van der Waals surface area contributed by atoms with Gasteiger partial charge in [0.15, 0.2) is 11.5 Å². The molecule has 7 rings (SSSR count). The van der Waals surface area contributed by atoms with Crippen LogP contribution < -0.4 is 9.47 Å². The largest absolute Gasteiger partial charge is 0.493 e. The van der Waals surface area contributed by atoms with Crippen LogP contribution >= 0.6 is 0 Å². The van der Waals surface area contributed by atoms with Crippen molar-refractivity contribution < 1.29 is 13.9 Å². The molecule has 0 amide bonds. The molecule has 4 heteroatoms. The van der Waals surface area contributed by atoms with E-state index in [1.165, 1.54) is 36.8 Å². The second kappa shape index (κ2) is 5.44. The molecule has 3 unspecified atom stereocenters. The van der Waals surface area contributed by atoms with E-state index in [-0.39, 0.29) is 11.5 Å². The van der Waals surface area contributed by atoms with Crippen LogP contribution in [-0.2, 0) is 11.8 Å². The van der Waals surface area contributed by atoms with Crippen molar-refractivity contribution in [2.24, 2.45) is 17.8 Å². The van der Waals surface area contributed by atoms with Gasteiger partial charge in [-0.1, -0.05) is 6.07 Å². The van der Waals surface area contributed by atoms with Crippen molar-refractivity contribution in [3.8, 4) is 11.5 Å². The molecule has 2 heterocycles. The Kier molecular flexibility index (Phi) is 3.21. The quantitative estimate of drug-likeness (QED) is 0.775. The van der Waals surface area contributed by atoms with Crippen LogP contribution in [0.2, 0.25) is 0 Å². The number of alkyl halides is 1. The highest BCUT2D eigenvalue weighted by Gasteiger charge is 2.67. The number of hydrogen-bond donors (Lipinski definition) is 0. The van der Waals surface area contributed by atoms with Crippen LogP contribution in [0, 0.1) is 17.8 Å². The maximum atomic E-state index is 15.2. The summed E-state index contributed by atoms with van der Waals surface area (Å²) < 4.78 is 27.2. The van der Waals surface area contributed by atoms with E-state index in [4.69, 9.17) is 9.47 Å². The zero-order valence-corrected chi connectivity index (χ0v) is 16.7. The molecule has 2 aliphatic heterocycles. The van der Waals surface area contributed by atoms with Crippen LogP contribution in [-0.4, -0.2) is 42.9 Å². The van der Waals surface area contributed by atoms with E-state index < -0.39 is 6.17 Å². The number of hydrogen-bond acceptors (Lipinski definition) is 3. The third kappa shape index (κ3) is 1.94. The van der Waals surface area contributed by atoms with E-state index in [1.54, 1.807) is 7.11 Å². The van der Waals surface area contributed by atoms with Gasteiger partial charge in [0.25, 0.3) is 0 Å². The fraction of sp³-hybridized carbons (Fsp3) is 0.750. The van der Waals surface area contributed by atoms with Gasteiger partial charge in [-0.15, -0.1) is 0 Å². The molecular weight excluding hydrogens is 353 g/mol. The minimum absolute atomic E-state index is 0.117. The number of halogens is 1. The Hall–Kier alpha value is -1.29. The normalized spacial score (nSPS) is 41.0. The lowest BCUT2D eigenvalue weighted by atomic mass is 9.51. The van der Waals surface area contributed by atoms with Gasteiger partial charge in [-0.3, -0.25) is 4.90 Å². The molecule has 2 bridgehead atoms. The fourth-order valence-corrected chi connectivity index (χ4v) is 7.83. The van der Waals surface area contributed by atoms with Crippen LogP contribution in [0.4, 0.5) is 4.39 Å². The third-order valence-electron chi connectivity index (χ3n) is 9.09. The Morgan fingerprint density at radius 3 is 2.64 bits per heavy atom. The zero-order chi connectivity index (χ0) is 18.6. The number of rotatable bonds is 4. The first-order valence-electron chi connectivity index (χ1n) is 11.5. The van der Waals surface area contributed by atoms with E-state index in [0.29, 0.717) is 18.4 Å². The van der Waals surface area contributed by atoms with Gasteiger partial charge >= 0.3 is 0 Å². The molecule has 1 aromatic rings. The molecule has 3 saturated carbocycles. The molecule has 4 fully saturated rings. The van der Waals surface area contributed by atoms with Crippen molar-refractivity contribution in [1.82, 2.24) is 4.90 Å². The van der Waals surface area contributed by atoms with Crippen molar-refractivity contribution in [1.29, 1.82) is 0 Å². The average molecular weight is 384 g/mol. The van der Waals surface area contributed by atoms with Gasteiger partial charge in [0.05, 0.1) is 7.11 Å². The number of nitrogens with zero attached hydrogens (tertiary/aromatic N) is 1. The first-order valence-corrected chi connectivity index (χ1v) is 11.5. The molecule has 5 atom stereocenters. The average Bonchev–Trinajstić information content (AvgIpc) is 3.62. The molecule has 150 valence electrons. The van der Waals surface area contributed by atoms with E-state index in [0.717, 1.165) is 55.2 Å². The maximum Gasteiger partial charge on any atom is 0.165 e. The predicted octanol–water partition coefficient (Wildman–Crippen LogP) is 4.26. The third-order valence-corrected chi connectivity index (χ3v) is 9.09. The lowest BCUT2D eigenvalue weighted by molar-refractivity contribution is -0.0975. The van der Waals surface area contributed by atoms with Crippen LogP contribution in [0.25, 0.3) is 0 Å². The monoisotopic (exact) mass is 383 g/mol. The second-order valence-electron chi connectivity index (χ2n) is 10.3. The van der Waals surface area contributed by atoms with Gasteiger partial charge in [0, 0.05) is 23.1 Å². The van der Waals surface area contributed by atoms with Crippen LogP contribution in [0.1, 0.15) is 56.1 Å². The van der Waals surface area contributed by atoms with Crippen molar-refractivity contribution in [3.63, 3.8) is 0 Å². The maximum absolute atomic E-state index is 15.2. The lowest BCUT2D eigenvalue weighted by Crippen LogP contribution is -2.68. The molecule has 1 aromatic carbocycles. The highest BCUT2D eigenvalue weighted by atomic mass is 19.1. The summed E-state index contributed by atoms with van der Waals surface area (Å²) in [6, 6.07) is 5.67. The SMILES string of the molecule is COc1ccc2c3c1O[C@@H]1C(F)CCC4[C@H](C2)N(C(C2CC2)C2CC2)CCC341. The number of ether oxygens (including phenoxy) is 2. The summed E-state index contributed by atoms with van der Waals surface area (Å²) in [6.07, 6.45) is 8.39. The molecule has 3 nitrogen and oxygen atoms in total. The Labute approximate surface area is 166 Å². The summed E-state index contributed by atoms with van der Waals surface area (Å²) in [6.45, 7) is 1.13. The van der Waals surface area contributed by atoms with Gasteiger partial charge in [0.1, 0.15) is 12.3 Å². The van der Waals surface area contributed by atoms with Crippen molar-refractivity contribution >= 4 is 0 Å². The molecule has 1 spiro atoms. The summed E-state index contributed by atoms with van der Waals surface area (Å²) >= 11 is 0. The van der Waals surface area contributed by atoms with E-state index in [2.05, 4.69) is 17.0 Å². The number of methoxy groups -OCH3 is 1. The first-order chi connectivity index (χ1) is 13.7. The van der Waals surface area contributed by atoms with Gasteiger partial charge in [-0.05, 0) is 87.3 Å². The molecule has 4 aliphatic carbocycles. The summed E-state index contributed by atoms with van der Waals surface area (Å²) in [4.78, 5) is 2.92. The van der Waals surface area contributed by atoms with Gasteiger partial charge in [0.2, 0.25) is 0 Å². The molecule has 28 heavy (non-hydrogen) atoms. The molecule has 0 aromatic heterocycles. The van der Waals surface area contributed by atoms with Crippen molar-refractivity contribution in [2.75, 3.05) is 13.7 Å². The van der Waals surface area contributed by atoms with Crippen molar-refractivity contribution in [3.05, 3.63) is 23.3 Å². The van der Waals surface area contributed by atoms with Gasteiger partial charge in [-0.2, -0.15) is 0 Å². The Balaban J connectivity index is 1.38. The van der Waals surface area contributed by atoms with Gasteiger partial charge in [-0.25, -0.2) is 4.39 Å². The Morgan fingerprint density at radius 2 is 1.93 bits per heavy atom. The Bertz CT molecular complexity index is 822. The predicted molar refractivity (Wildman–Crippen MR) is 105 cm³/mol. The van der Waals surface area contributed by atoms with Crippen LogP contribution in [0.5, 0.6) is 11.5 Å².